The summed E-state index contributed by atoms with van der Waals surface area (Å²) < 4.78 is 0. The van der Waals surface area contributed by atoms with Crippen molar-refractivity contribution in [3.63, 3.8) is 0 Å². The Morgan fingerprint density at radius 2 is 1.56 bits per heavy atom. The van der Waals surface area contributed by atoms with Gasteiger partial charge in [0.15, 0.2) is 0 Å². The van der Waals surface area contributed by atoms with E-state index in [0.29, 0.717) is 5.75 Å². The second-order valence-corrected chi connectivity index (χ2v) is 3.87. The van der Waals surface area contributed by atoms with Gasteiger partial charge in [0.1, 0.15) is 5.75 Å². The normalized spacial score (nSPS) is 10.1. The van der Waals surface area contributed by atoms with Gasteiger partial charge in [-0.25, -0.2) is 0 Å². The number of phenolic OH excluding ortho intramolecular Hbond substituents is 1. The van der Waals surface area contributed by atoms with Crippen molar-refractivity contribution < 1.29 is 5.11 Å². The molecule has 82 valence electrons. The van der Waals surface area contributed by atoms with Crippen LogP contribution in [-0.4, -0.2) is 5.11 Å². The first-order valence-corrected chi connectivity index (χ1v) is 5.29. The molecule has 0 fully saturated rings. The molecule has 0 spiro atoms. The maximum atomic E-state index is 9.56. The molecule has 2 rings (SSSR count). The van der Waals surface area contributed by atoms with E-state index in [1.807, 2.05) is 50.2 Å². The minimum Gasteiger partial charge on any atom is -0.508 e. The Balaban J connectivity index is 2.33. The highest BCUT2D eigenvalue weighted by molar-refractivity contribution is 5.66. The number of phenols is 1. The van der Waals surface area contributed by atoms with Crippen LogP contribution >= 0.6 is 0 Å². The standard InChI is InChI=1S/C14H15NO/c1-10-11(2)14(16)9-8-13(10)15-12-6-4-3-5-7-12/h3-9,15-16H,1-2H3. The van der Waals surface area contributed by atoms with Crippen molar-refractivity contribution in [2.75, 3.05) is 5.32 Å². The molecule has 0 heterocycles. The lowest BCUT2D eigenvalue weighted by atomic mass is 10.1. The van der Waals surface area contributed by atoms with Gasteiger partial charge in [-0.05, 0) is 49.2 Å². The van der Waals surface area contributed by atoms with E-state index >= 15 is 0 Å². The molecule has 0 saturated heterocycles. The maximum Gasteiger partial charge on any atom is 0.118 e. The van der Waals surface area contributed by atoms with Gasteiger partial charge in [-0.3, -0.25) is 0 Å². The number of rotatable bonds is 2. The molecule has 0 aliphatic heterocycles. The fourth-order valence-corrected chi connectivity index (χ4v) is 1.62. The highest BCUT2D eigenvalue weighted by Crippen LogP contribution is 2.28. The predicted octanol–water partition coefficient (Wildman–Crippen LogP) is 3.75. The fourth-order valence-electron chi connectivity index (χ4n) is 1.62. The third-order valence-electron chi connectivity index (χ3n) is 2.81. The van der Waals surface area contributed by atoms with Crippen LogP contribution in [0.2, 0.25) is 0 Å². The Morgan fingerprint density at radius 3 is 2.25 bits per heavy atom. The smallest absolute Gasteiger partial charge is 0.118 e. The molecule has 2 aromatic carbocycles. The average Bonchev–Trinajstić information content (AvgIpc) is 2.31. The number of hydrogen-bond acceptors (Lipinski definition) is 2. The molecule has 0 saturated carbocycles. The van der Waals surface area contributed by atoms with E-state index in [9.17, 15) is 5.11 Å². The van der Waals surface area contributed by atoms with Crippen LogP contribution < -0.4 is 5.32 Å². The van der Waals surface area contributed by atoms with Crippen LogP contribution in [0.5, 0.6) is 5.75 Å². The van der Waals surface area contributed by atoms with Crippen molar-refractivity contribution >= 4 is 11.4 Å². The molecular weight excluding hydrogens is 198 g/mol. The molecule has 0 aliphatic carbocycles. The molecule has 2 aromatic rings. The van der Waals surface area contributed by atoms with Gasteiger partial charge >= 0.3 is 0 Å². The van der Waals surface area contributed by atoms with Gasteiger partial charge in [-0.15, -0.1) is 0 Å². The van der Waals surface area contributed by atoms with Gasteiger partial charge in [0.25, 0.3) is 0 Å². The number of para-hydroxylation sites is 1. The zero-order valence-corrected chi connectivity index (χ0v) is 9.49. The molecular formula is C14H15NO. The highest BCUT2D eigenvalue weighted by Gasteiger charge is 2.04. The zero-order valence-electron chi connectivity index (χ0n) is 9.49. The van der Waals surface area contributed by atoms with Crippen LogP contribution in [0, 0.1) is 13.8 Å². The number of anilines is 2. The average molecular weight is 213 g/mol. The SMILES string of the molecule is Cc1c(O)ccc(Nc2ccccc2)c1C. The first-order chi connectivity index (χ1) is 7.68. The Kier molecular flexibility index (Phi) is 2.82. The van der Waals surface area contributed by atoms with Crippen LogP contribution in [0.3, 0.4) is 0 Å². The van der Waals surface area contributed by atoms with E-state index < -0.39 is 0 Å². The largest absolute Gasteiger partial charge is 0.508 e. The molecule has 0 unspecified atom stereocenters. The van der Waals surface area contributed by atoms with Crippen molar-refractivity contribution in [2.45, 2.75) is 13.8 Å². The minimum absolute atomic E-state index is 0.344. The quantitative estimate of drug-likeness (QED) is 0.744. The van der Waals surface area contributed by atoms with Gasteiger partial charge in [0, 0.05) is 11.4 Å². The van der Waals surface area contributed by atoms with Crippen LogP contribution in [0.25, 0.3) is 0 Å². The second-order valence-electron chi connectivity index (χ2n) is 3.87. The number of benzene rings is 2. The molecule has 2 nitrogen and oxygen atoms in total. The van der Waals surface area contributed by atoms with Crippen LogP contribution in [0.4, 0.5) is 11.4 Å². The molecule has 0 bridgehead atoms. The van der Waals surface area contributed by atoms with Crippen molar-refractivity contribution in [1.82, 2.24) is 0 Å². The lowest BCUT2D eigenvalue weighted by Gasteiger charge is -2.12. The van der Waals surface area contributed by atoms with Crippen molar-refractivity contribution in [2.24, 2.45) is 0 Å². The monoisotopic (exact) mass is 213 g/mol. The third-order valence-corrected chi connectivity index (χ3v) is 2.81. The first kappa shape index (κ1) is 10.6. The summed E-state index contributed by atoms with van der Waals surface area (Å²) >= 11 is 0. The van der Waals surface area contributed by atoms with Crippen LogP contribution in [0.1, 0.15) is 11.1 Å². The molecule has 16 heavy (non-hydrogen) atoms. The van der Waals surface area contributed by atoms with Crippen molar-refractivity contribution in [3.05, 3.63) is 53.6 Å². The van der Waals surface area contributed by atoms with E-state index in [-0.39, 0.29) is 0 Å². The van der Waals surface area contributed by atoms with Gasteiger partial charge < -0.3 is 10.4 Å². The Labute approximate surface area is 95.6 Å². The summed E-state index contributed by atoms with van der Waals surface area (Å²) in [6.45, 7) is 3.92. The molecule has 0 radical (unpaired) electrons. The first-order valence-electron chi connectivity index (χ1n) is 5.29. The predicted molar refractivity (Wildman–Crippen MR) is 67.3 cm³/mol. The summed E-state index contributed by atoms with van der Waals surface area (Å²) in [5.74, 6) is 0.344. The van der Waals surface area contributed by atoms with E-state index in [1.54, 1.807) is 6.07 Å². The van der Waals surface area contributed by atoms with Gasteiger partial charge in [-0.2, -0.15) is 0 Å². The van der Waals surface area contributed by atoms with E-state index in [4.69, 9.17) is 0 Å². The summed E-state index contributed by atoms with van der Waals surface area (Å²) in [5.41, 5.74) is 4.07. The highest BCUT2D eigenvalue weighted by atomic mass is 16.3. The summed E-state index contributed by atoms with van der Waals surface area (Å²) in [7, 11) is 0. The van der Waals surface area contributed by atoms with Crippen molar-refractivity contribution in [1.29, 1.82) is 0 Å². The molecule has 0 aromatic heterocycles. The van der Waals surface area contributed by atoms with Gasteiger partial charge in [0.05, 0.1) is 0 Å². The number of hydrogen-bond donors (Lipinski definition) is 2. The van der Waals surface area contributed by atoms with Crippen LogP contribution in [0.15, 0.2) is 42.5 Å². The summed E-state index contributed by atoms with van der Waals surface area (Å²) in [6.07, 6.45) is 0. The van der Waals surface area contributed by atoms with Crippen LogP contribution in [-0.2, 0) is 0 Å². The minimum atomic E-state index is 0.344. The summed E-state index contributed by atoms with van der Waals surface area (Å²) in [5, 5.41) is 12.9. The van der Waals surface area contributed by atoms with E-state index in [0.717, 1.165) is 22.5 Å². The second kappa shape index (κ2) is 4.27. The number of nitrogens with one attached hydrogen (secondary N) is 1. The Hall–Kier alpha value is -1.96. The van der Waals surface area contributed by atoms with E-state index in [2.05, 4.69) is 5.32 Å². The fraction of sp³-hybridized carbons (Fsp3) is 0.143. The lowest BCUT2D eigenvalue weighted by Crippen LogP contribution is -1.94. The summed E-state index contributed by atoms with van der Waals surface area (Å²) in [4.78, 5) is 0. The molecule has 0 aliphatic rings. The molecule has 0 atom stereocenters. The molecule has 2 N–H and O–H groups in total. The molecule has 0 amide bonds. The summed E-state index contributed by atoms with van der Waals surface area (Å²) in [6, 6.07) is 13.6. The van der Waals surface area contributed by atoms with E-state index in [1.165, 1.54) is 0 Å². The van der Waals surface area contributed by atoms with Gasteiger partial charge in [0.2, 0.25) is 0 Å². The van der Waals surface area contributed by atoms with Gasteiger partial charge in [-0.1, -0.05) is 18.2 Å². The number of aromatic hydroxyl groups is 1. The Bertz CT molecular complexity index is 492. The van der Waals surface area contributed by atoms with Crippen molar-refractivity contribution in [3.8, 4) is 5.75 Å². The maximum absolute atomic E-state index is 9.56. The third kappa shape index (κ3) is 2.01. The topological polar surface area (TPSA) is 32.3 Å². The zero-order chi connectivity index (χ0) is 11.5. The lowest BCUT2D eigenvalue weighted by molar-refractivity contribution is 0.470. The molecule has 2 heteroatoms. The Morgan fingerprint density at radius 1 is 0.875 bits per heavy atom.